The van der Waals surface area contributed by atoms with Crippen LogP contribution >= 0.6 is 11.6 Å². The molecule has 1 N–H and O–H groups in total. The average Bonchev–Trinajstić information content (AvgIpc) is 2.77. The third-order valence-corrected chi connectivity index (χ3v) is 3.31. The molecule has 4 nitrogen and oxygen atoms in total. The minimum Gasteiger partial charge on any atom is -0.323 e. The Morgan fingerprint density at radius 1 is 1.41 bits per heavy atom. The Balaban J connectivity index is 2.01. The molecule has 0 unspecified atom stereocenters. The van der Waals surface area contributed by atoms with Gasteiger partial charge in [-0.2, -0.15) is 5.10 Å². The van der Waals surface area contributed by atoms with E-state index in [0.717, 1.165) is 5.56 Å². The Labute approximate surface area is 134 Å². The first-order valence-electron chi connectivity index (χ1n) is 6.99. The molecule has 1 heterocycles. The fourth-order valence-corrected chi connectivity index (χ4v) is 2.25. The van der Waals surface area contributed by atoms with Gasteiger partial charge in [0, 0.05) is 17.6 Å². The molecular formula is C16H19ClFN3O. The van der Waals surface area contributed by atoms with Crippen molar-refractivity contribution in [1.29, 1.82) is 0 Å². The SMILES string of the molecule is CC(C)(C)CC(=O)Nc1cnn(Cc2ccc(F)cc2Cl)c1. The molecule has 0 fully saturated rings. The molecule has 1 amide bonds. The second-order valence-electron chi connectivity index (χ2n) is 6.45. The van der Waals surface area contributed by atoms with Crippen LogP contribution in [-0.4, -0.2) is 15.7 Å². The van der Waals surface area contributed by atoms with Gasteiger partial charge in [0.25, 0.3) is 0 Å². The number of aromatic nitrogens is 2. The first-order chi connectivity index (χ1) is 10.2. The topological polar surface area (TPSA) is 46.9 Å². The molecule has 6 heteroatoms. The van der Waals surface area contributed by atoms with Gasteiger partial charge < -0.3 is 5.32 Å². The summed E-state index contributed by atoms with van der Waals surface area (Å²) in [6.07, 6.45) is 3.74. The Kier molecular flexibility index (Phi) is 4.86. The first-order valence-corrected chi connectivity index (χ1v) is 7.37. The standard InChI is InChI=1S/C16H19ClFN3O/c1-16(2,3)7-15(22)20-13-8-19-21(10-13)9-11-4-5-12(18)6-14(11)17/h4-6,8,10H,7,9H2,1-3H3,(H,20,22). The molecule has 0 bridgehead atoms. The summed E-state index contributed by atoms with van der Waals surface area (Å²) in [5.74, 6) is -0.420. The third kappa shape index (κ3) is 4.84. The maximum Gasteiger partial charge on any atom is 0.224 e. The largest absolute Gasteiger partial charge is 0.323 e. The molecule has 0 saturated carbocycles. The van der Waals surface area contributed by atoms with Crippen LogP contribution in [0.25, 0.3) is 0 Å². The number of nitrogens with zero attached hydrogens (tertiary/aromatic N) is 2. The Hall–Kier alpha value is -1.88. The van der Waals surface area contributed by atoms with Crippen LogP contribution in [0.3, 0.4) is 0 Å². The van der Waals surface area contributed by atoms with Crippen molar-refractivity contribution < 1.29 is 9.18 Å². The van der Waals surface area contributed by atoms with Gasteiger partial charge in [-0.25, -0.2) is 4.39 Å². The second kappa shape index (κ2) is 6.48. The molecular weight excluding hydrogens is 305 g/mol. The van der Waals surface area contributed by atoms with Crippen LogP contribution in [0, 0.1) is 11.2 Å². The molecule has 0 spiro atoms. The van der Waals surface area contributed by atoms with Crippen molar-refractivity contribution in [2.45, 2.75) is 33.7 Å². The van der Waals surface area contributed by atoms with E-state index >= 15 is 0 Å². The van der Waals surface area contributed by atoms with Crippen LogP contribution in [-0.2, 0) is 11.3 Å². The van der Waals surface area contributed by atoms with Crippen LogP contribution in [0.15, 0.2) is 30.6 Å². The molecule has 0 radical (unpaired) electrons. The number of benzene rings is 1. The predicted octanol–water partition coefficient (Wildman–Crippen LogP) is 4.10. The fraction of sp³-hybridized carbons (Fsp3) is 0.375. The number of amides is 1. The van der Waals surface area contributed by atoms with E-state index in [0.29, 0.717) is 23.7 Å². The lowest BCUT2D eigenvalue weighted by Crippen LogP contribution is -2.19. The highest BCUT2D eigenvalue weighted by Gasteiger charge is 2.16. The summed E-state index contributed by atoms with van der Waals surface area (Å²) < 4.78 is 14.7. The molecule has 0 aliphatic carbocycles. The quantitative estimate of drug-likeness (QED) is 0.920. The molecule has 22 heavy (non-hydrogen) atoms. The summed E-state index contributed by atoms with van der Waals surface area (Å²) >= 11 is 5.99. The zero-order valence-corrected chi connectivity index (χ0v) is 13.6. The molecule has 0 aliphatic heterocycles. The predicted molar refractivity (Wildman–Crippen MR) is 85.4 cm³/mol. The lowest BCUT2D eigenvalue weighted by molar-refractivity contribution is -0.117. The van der Waals surface area contributed by atoms with Gasteiger partial charge in [-0.3, -0.25) is 9.48 Å². The summed E-state index contributed by atoms with van der Waals surface area (Å²) in [5.41, 5.74) is 1.33. The highest BCUT2D eigenvalue weighted by molar-refractivity contribution is 6.31. The normalized spacial score (nSPS) is 11.5. The van der Waals surface area contributed by atoms with Crippen LogP contribution in [0.5, 0.6) is 0 Å². The van der Waals surface area contributed by atoms with Gasteiger partial charge in [-0.15, -0.1) is 0 Å². The number of carbonyl (C=O) groups is 1. The molecule has 0 atom stereocenters. The number of hydrogen-bond donors (Lipinski definition) is 1. The van der Waals surface area contributed by atoms with E-state index in [1.807, 2.05) is 20.8 Å². The van der Waals surface area contributed by atoms with Crippen LogP contribution < -0.4 is 5.32 Å². The number of anilines is 1. The minimum atomic E-state index is -0.371. The lowest BCUT2D eigenvalue weighted by atomic mass is 9.92. The monoisotopic (exact) mass is 323 g/mol. The van der Waals surface area contributed by atoms with Crippen molar-refractivity contribution in [3.05, 3.63) is 47.0 Å². The van der Waals surface area contributed by atoms with Gasteiger partial charge in [-0.1, -0.05) is 38.4 Å². The van der Waals surface area contributed by atoms with Crippen molar-refractivity contribution in [2.75, 3.05) is 5.32 Å². The summed E-state index contributed by atoms with van der Waals surface area (Å²) in [5, 5.41) is 7.34. The van der Waals surface area contributed by atoms with Crippen molar-refractivity contribution >= 4 is 23.2 Å². The zero-order valence-electron chi connectivity index (χ0n) is 12.9. The van der Waals surface area contributed by atoms with E-state index in [1.165, 1.54) is 12.1 Å². The number of halogens is 2. The van der Waals surface area contributed by atoms with Gasteiger partial charge >= 0.3 is 0 Å². The minimum absolute atomic E-state index is 0.0492. The van der Waals surface area contributed by atoms with Gasteiger partial charge in [-0.05, 0) is 23.1 Å². The number of hydrogen-bond acceptors (Lipinski definition) is 2. The maximum atomic E-state index is 13.0. The Morgan fingerprint density at radius 2 is 2.14 bits per heavy atom. The van der Waals surface area contributed by atoms with Gasteiger partial charge in [0.2, 0.25) is 5.91 Å². The second-order valence-corrected chi connectivity index (χ2v) is 6.86. The Bertz CT molecular complexity index is 676. The number of rotatable bonds is 4. The first kappa shape index (κ1) is 16.5. The van der Waals surface area contributed by atoms with E-state index in [9.17, 15) is 9.18 Å². The van der Waals surface area contributed by atoms with E-state index < -0.39 is 0 Å². The molecule has 2 rings (SSSR count). The van der Waals surface area contributed by atoms with E-state index in [-0.39, 0.29) is 17.1 Å². The van der Waals surface area contributed by atoms with Crippen molar-refractivity contribution in [3.63, 3.8) is 0 Å². The van der Waals surface area contributed by atoms with Crippen molar-refractivity contribution in [2.24, 2.45) is 5.41 Å². The van der Waals surface area contributed by atoms with Crippen LogP contribution in [0.1, 0.15) is 32.8 Å². The molecule has 0 saturated heterocycles. The summed E-state index contributed by atoms with van der Waals surface area (Å²) in [6.45, 7) is 6.43. The summed E-state index contributed by atoms with van der Waals surface area (Å²) in [6, 6.07) is 4.25. The highest BCUT2D eigenvalue weighted by Crippen LogP contribution is 2.21. The fourth-order valence-electron chi connectivity index (χ4n) is 2.03. The summed E-state index contributed by atoms with van der Waals surface area (Å²) in [7, 11) is 0. The maximum absolute atomic E-state index is 13.0. The smallest absolute Gasteiger partial charge is 0.224 e. The van der Waals surface area contributed by atoms with E-state index in [4.69, 9.17) is 11.6 Å². The lowest BCUT2D eigenvalue weighted by Gasteiger charge is -2.16. The van der Waals surface area contributed by atoms with Crippen molar-refractivity contribution in [3.8, 4) is 0 Å². The van der Waals surface area contributed by atoms with Gasteiger partial charge in [0.05, 0.1) is 18.4 Å². The summed E-state index contributed by atoms with van der Waals surface area (Å²) in [4.78, 5) is 11.9. The zero-order chi connectivity index (χ0) is 16.3. The molecule has 0 aliphatic rings. The van der Waals surface area contributed by atoms with Crippen LogP contribution in [0.2, 0.25) is 5.02 Å². The van der Waals surface area contributed by atoms with E-state index in [2.05, 4.69) is 10.4 Å². The molecule has 2 aromatic rings. The molecule has 118 valence electrons. The highest BCUT2D eigenvalue weighted by atomic mass is 35.5. The van der Waals surface area contributed by atoms with E-state index in [1.54, 1.807) is 23.1 Å². The third-order valence-electron chi connectivity index (χ3n) is 2.96. The van der Waals surface area contributed by atoms with Crippen molar-refractivity contribution in [1.82, 2.24) is 9.78 Å². The Morgan fingerprint density at radius 3 is 2.77 bits per heavy atom. The number of carbonyl (C=O) groups excluding carboxylic acids is 1. The average molecular weight is 324 g/mol. The molecule has 1 aromatic heterocycles. The van der Waals surface area contributed by atoms with Crippen LogP contribution in [0.4, 0.5) is 10.1 Å². The van der Waals surface area contributed by atoms with Gasteiger partial charge in [0.15, 0.2) is 0 Å². The van der Waals surface area contributed by atoms with Gasteiger partial charge in [0.1, 0.15) is 5.82 Å². The molecule has 1 aromatic carbocycles. The number of nitrogens with one attached hydrogen (secondary N) is 1.